The fourth-order valence-corrected chi connectivity index (χ4v) is 5.86. The van der Waals surface area contributed by atoms with Crippen LogP contribution in [0, 0.1) is 0 Å². The van der Waals surface area contributed by atoms with E-state index in [0.717, 1.165) is 60.6 Å². The largest absolute Gasteiger partial charge is 0.497 e. The lowest BCUT2D eigenvalue weighted by Crippen LogP contribution is -2.48. The number of hydrogen-bond donors (Lipinski definition) is 2. The normalized spacial score (nSPS) is 13.2. The van der Waals surface area contributed by atoms with Crippen LogP contribution in [0.2, 0.25) is 0 Å². The minimum atomic E-state index is -4.48. The number of nitrogens with zero attached hydrogens (tertiary/aromatic N) is 5. The van der Waals surface area contributed by atoms with Gasteiger partial charge in [0.25, 0.3) is 11.8 Å². The van der Waals surface area contributed by atoms with Crippen LogP contribution in [0.4, 0.5) is 18.9 Å². The van der Waals surface area contributed by atoms with Gasteiger partial charge in [-0.05, 0) is 72.3 Å². The molecule has 1 fully saturated rings. The molecule has 2 amide bonds. The fourth-order valence-electron chi connectivity index (χ4n) is 5.86. The van der Waals surface area contributed by atoms with Crippen LogP contribution in [0.3, 0.4) is 0 Å². The number of benzene rings is 3. The SMILES string of the molecule is COc1ccc(CN2CCN(C(=O)c3cc4cc(Oc5ccc(N(C)C(=O)c6ccc(C(F)(F)F)cc6)cn5)ccc4n3C)CC2)cc1.O=C(O)C=CC(=O)O. The first kappa shape index (κ1) is 40.5. The minimum Gasteiger partial charge on any atom is -0.497 e. The third-order valence-corrected chi connectivity index (χ3v) is 8.92. The van der Waals surface area contributed by atoms with E-state index >= 15 is 0 Å². The molecule has 56 heavy (non-hydrogen) atoms. The Morgan fingerprint density at radius 1 is 0.839 bits per heavy atom. The molecule has 3 heterocycles. The molecule has 5 aromatic rings. The second-order valence-corrected chi connectivity index (χ2v) is 12.6. The van der Waals surface area contributed by atoms with Gasteiger partial charge in [-0.25, -0.2) is 14.6 Å². The molecule has 292 valence electrons. The Morgan fingerprint density at radius 2 is 1.46 bits per heavy atom. The molecule has 2 N–H and O–H groups in total. The van der Waals surface area contributed by atoms with Crippen molar-refractivity contribution in [3.8, 4) is 17.4 Å². The highest BCUT2D eigenvalue weighted by molar-refractivity contribution is 6.05. The number of aryl methyl sites for hydroxylation is 1. The van der Waals surface area contributed by atoms with Crippen LogP contribution >= 0.6 is 0 Å². The number of hydrogen-bond acceptors (Lipinski definition) is 8. The van der Waals surface area contributed by atoms with E-state index in [1.54, 1.807) is 25.3 Å². The number of fused-ring (bicyclic) bond motifs is 1. The Labute approximate surface area is 319 Å². The van der Waals surface area contributed by atoms with Gasteiger partial charge < -0.3 is 34.1 Å². The summed E-state index contributed by atoms with van der Waals surface area (Å²) in [6.45, 7) is 3.66. The van der Waals surface area contributed by atoms with Crippen molar-refractivity contribution < 1.29 is 52.0 Å². The molecule has 0 saturated carbocycles. The van der Waals surface area contributed by atoms with Crippen molar-refractivity contribution >= 4 is 40.3 Å². The lowest BCUT2D eigenvalue weighted by molar-refractivity contribution is -0.137. The molecular weight excluding hydrogens is 735 g/mol. The van der Waals surface area contributed by atoms with Crippen LogP contribution in [0.5, 0.6) is 17.4 Å². The summed E-state index contributed by atoms with van der Waals surface area (Å²) in [5, 5.41) is 16.5. The van der Waals surface area contributed by atoms with Crippen molar-refractivity contribution in [1.82, 2.24) is 19.4 Å². The number of carbonyl (C=O) groups is 4. The van der Waals surface area contributed by atoms with Gasteiger partial charge in [0.15, 0.2) is 0 Å². The standard InChI is InChI=1S/C36H34F3N5O4.C4H4O4/c1-41(34(45)25-6-8-27(9-7-25)36(37,38)39)28-10-15-33(40-22-28)48-30-13-14-31-26(20-30)21-32(42(31)2)35(46)44-18-16-43(17-19-44)23-24-4-11-29(47-3)12-5-24;5-3(6)1-2-4(7)8/h4-15,20-22H,16-19,23H2,1-3H3;1-2H,(H,5,6)(H,7,8). The van der Waals surface area contributed by atoms with Gasteiger partial charge in [-0.15, -0.1) is 0 Å². The Bertz CT molecular complexity index is 2200. The van der Waals surface area contributed by atoms with E-state index < -0.39 is 29.6 Å². The summed E-state index contributed by atoms with van der Waals surface area (Å²) in [7, 11) is 5.04. The first-order valence-electron chi connectivity index (χ1n) is 17.1. The Hall–Kier alpha value is -6.68. The molecule has 6 rings (SSSR count). The number of halogens is 3. The van der Waals surface area contributed by atoms with Gasteiger partial charge in [0.05, 0.1) is 24.6 Å². The van der Waals surface area contributed by atoms with Gasteiger partial charge in [-0.2, -0.15) is 13.2 Å². The number of alkyl halides is 3. The van der Waals surface area contributed by atoms with Crippen molar-refractivity contribution in [2.24, 2.45) is 7.05 Å². The Morgan fingerprint density at radius 3 is 2.02 bits per heavy atom. The Kier molecular flexibility index (Phi) is 12.8. The minimum absolute atomic E-state index is 0.0208. The number of pyridine rings is 1. The molecule has 0 unspecified atom stereocenters. The van der Waals surface area contributed by atoms with Crippen LogP contribution < -0.4 is 14.4 Å². The quantitative estimate of drug-likeness (QED) is 0.154. The maximum Gasteiger partial charge on any atom is 0.416 e. The second-order valence-electron chi connectivity index (χ2n) is 12.6. The summed E-state index contributed by atoms with van der Waals surface area (Å²) in [5.41, 5.74) is 2.41. The molecule has 0 bridgehead atoms. The van der Waals surface area contributed by atoms with E-state index in [1.165, 1.54) is 23.7 Å². The molecule has 1 aliphatic heterocycles. The highest BCUT2D eigenvalue weighted by Crippen LogP contribution is 2.31. The number of carboxylic acids is 2. The highest BCUT2D eigenvalue weighted by Gasteiger charge is 2.30. The van der Waals surface area contributed by atoms with Crippen LogP contribution in [-0.4, -0.2) is 93.7 Å². The Balaban J connectivity index is 0.000000677. The third-order valence-electron chi connectivity index (χ3n) is 8.92. The van der Waals surface area contributed by atoms with E-state index in [-0.39, 0.29) is 17.4 Å². The lowest BCUT2D eigenvalue weighted by Gasteiger charge is -2.34. The molecule has 2 aromatic heterocycles. The maximum atomic E-state index is 13.5. The van der Waals surface area contributed by atoms with Gasteiger partial charge in [0.1, 0.15) is 17.2 Å². The number of amides is 2. The number of rotatable bonds is 10. The van der Waals surface area contributed by atoms with Gasteiger partial charge in [0.2, 0.25) is 5.88 Å². The zero-order valence-corrected chi connectivity index (χ0v) is 30.6. The molecule has 1 saturated heterocycles. The molecule has 16 heteroatoms. The van der Waals surface area contributed by atoms with Gasteiger partial charge in [-0.3, -0.25) is 14.5 Å². The number of aliphatic carboxylic acids is 2. The van der Waals surface area contributed by atoms with E-state index in [2.05, 4.69) is 22.0 Å². The van der Waals surface area contributed by atoms with Crippen molar-refractivity contribution in [2.45, 2.75) is 12.7 Å². The molecular formula is C40H38F3N5O8. The summed E-state index contributed by atoms with van der Waals surface area (Å²) in [4.78, 5) is 55.3. The number of aromatic nitrogens is 2. The van der Waals surface area contributed by atoms with Crippen LogP contribution in [0.1, 0.15) is 32.0 Å². The van der Waals surface area contributed by atoms with Crippen LogP contribution in [0.15, 0.2) is 103 Å². The number of ether oxygens (including phenoxy) is 2. The molecule has 3 aromatic carbocycles. The molecule has 0 radical (unpaired) electrons. The summed E-state index contributed by atoms with van der Waals surface area (Å²) in [6, 6.07) is 22.7. The summed E-state index contributed by atoms with van der Waals surface area (Å²) >= 11 is 0. The number of anilines is 1. The summed E-state index contributed by atoms with van der Waals surface area (Å²) in [5.74, 6) is -1.38. The number of piperazine rings is 1. The van der Waals surface area contributed by atoms with Gasteiger partial charge in [-0.1, -0.05) is 12.1 Å². The highest BCUT2D eigenvalue weighted by atomic mass is 19.4. The van der Waals surface area contributed by atoms with E-state index in [1.807, 2.05) is 46.8 Å². The zero-order valence-electron chi connectivity index (χ0n) is 30.6. The summed E-state index contributed by atoms with van der Waals surface area (Å²) < 4.78 is 51.7. The van der Waals surface area contributed by atoms with Crippen LogP contribution in [-0.2, 0) is 29.4 Å². The third kappa shape index (κ3) is 10.3. The molecule has 1 aliphatic rings. The number of carboxylic acid groups (broad SMARTS) is 2. The van der Waals surface area contributed by atoms with E-state index in [4.69, 9.17) is 19.7 Å². The van der Waals surface area contributed by atoms with E-state index in [9.17, 15) is 32.3 Å². The average Bonchev–Trinajstić information content (AvgIpc) is 3.52. The van der Waals surface area contributed by atoms with E-state index in [0.29, 0.717) is 42.4 Å². The zero-order chi connectivity index (χ0) is 40.6. The topological polar surface area (TPSA) is 155 Å². The van der Waals surface area contributed by atoms with Gasteiger partial charge >= 0.3 is 18.1 Å². The van der Waals surface area contributed by atoms with Crippen molar-refractivity contribution in [3.05, 3.63) is 126 Å². The molecule has 13 nitrogen and oxygen atoms in total. The van der Waals surface area contributed by atoms with Gasteiger partial charge in [0, 0.05) is 81.5 Å². The monoisotopic (exact) mass is 773 g/mol. The average molecular weight is 774 g/mol. The van der Waals surface area contributed by atoms with Crippen molar-refractivity contribution in [1.29, 1.82) is 0 Å². The maximum absolute atomic E-state index is 13.5. The lowest BCUT2D eigenvalue weighted by atomic mass is 10.1. The number of carbonyl (C=O) groups excluding carboxylic acids is 2. The second kappa shape index (κ2) is 17.6. The summed E-state index contributed by atoms with van der Waals surface area (Å²) in [6.07, 6.45) is -1.91. The molecule has 0 atom stereocenters. The molecule has 0 aliphatic carbocycles. The predicted octanol–water partition coefficient (Wildman–Crippen LogP) is 6.34. The first-order chi connectivity index (χ1) is 26.6. The smallest absolute Gasteiger partial charge is 0.416 e. The first-order valence-corrected chi connectivity index (χ1v) is 17.1. The van der Waals surface area contributed by atoms with Crippen molar-refractivity contribution in [3.63, 3.8) is 0 Å². The van der Waals surface area contributed by atoms with Crippen LogP contribution in [0.25, 0.3) is 10.9 Å². The molecule has 0 spiro atoms. The number of methoxy groups -OCH3 is 1. The predicted molar refractivity (Wildman–Crippen MR) is 200 cm³/mol. The fraction of sp³-hybridized carbons (Fsp3) is 0.225. The van der Waals surface area contributed by atoms with Crippen molar-refractivity contribution in [2.75, 3.05) is 45.2 Å².